The molecule has 1 saturated carbocycles. The van der Waals surface area contributed by atoms with Crippen molar-refractivity contribution in [2.45, 2.75) is 64.9 Å². The van der Waals surface area contributed by atoms with Gasteiger partial charge in [0.1, 0.15) is 12.4 Å². The lowest BCUT2D eigenvalue weighted by Gasteiger charge is -2.19. The summed E-state index contributed by atoms with van der Waals surface area (Å²) in [6.07, 6.45) is 9.53. The molecule has 13 heteroatoms. The molecule has 0 heterocycles. The van der Waals surface area contributed by atoms with Crippen LogP contribution in [0.25, 0.3) is 0 Å². The van der Waals surface area contributed by atoms with Gasteiger partial charge in [0.25, 0.3) is 0 Å². The van der Waals surface area contributed by atoms with Crippen LogP contribution in [0.4, 0.5) is 0 Å². The second-order valence-electron chi connectivity index (χ2n) is 6.52. The van der Waals surface area contributed by atoms with Crippen molar-refractivity contribution in [2.75, 3.05) is 26.9 Å². The Bertz CT molecular complexity index is 455. The van der Waals surface area contributed by atoms with E-state index < -0.39 is 7.82 Å². The van der Waals surface area contributed by atoms with E-state index in [0.717, 1.165) is 38.5 Å². The lowest BCUT2D eigenvalue weighted by atomic mass is 9.98. The Morgan fingerprint density at radius 1 is 1.10 bits per heavy atom. The molecule has 12 nitrogen and oxygen atoms in total. The topological polar surface area (TPSA) is 152 Å². The maximum absolute atomic E-state index is 8.88. The van der Waals surface area contributed by atoms with Gasteiger partial charge in [-0.1, -0.05) is 39.5 Å². The number of unbranched alkanes of at least 4 members (excludes halogenated alkanes) is 1. The van der Waals surface area contributed by atoms with Gasteiger partial charge in [-0.3, -0.25) is 0 Å². The summed E-state index contributed by atoms with van der Waals surface area (Å²) in [5.41, 5.74) is 0. The zero-order valence-corrected chi connectivity index (χ0v) is 18.7. The first-order valence-corrected chi connectivity index (χ1v) is 11.4. The number of hydrogen-bond donors (Lipinski definition) is 3. The third-order valence-electron chi connectivity index (χ3n) is 3.80. The van der Waals surface area contributed by atoms with Gasteiger partial charge in [-0.25, -0.2) is 14.3 Å². The molecule has 1 aliphatic carbocycles. The Labute approximate surface area is 176 Å². The van der Waals surface area contributed by atoms with E-state index in [1.807, 2.05) is 13.0 Å². The molecule has 1 aliphatic rings. The van der Waals surface area contributed by atoms with Crippen LogP contribution < -0.4 is 0 Å². The molecule has 0 spiro atoms. The van der Waals surface area contributed by atoms with Crippen LogP contribution in [-0.2, 0) is 44.0 Å². The van der Waals surface area contributed by atoms with Crippen LogP contribution in [0.5, 0.6) is 0 Å². The molecule has 1 rings (SSSR count). The SMILES string of the molecule is CCCC=C(OOOC)C(C)COCCOOOOC1CCCCC1.O=P(O)(O)O. The lowest BCUT2D eigenvalue weighted by molar-refractivity contribution is -0.642. The van der Waals surface area contributed by atoms with E-state index in [9.17, 15) is 0 Å². The fraction of sp³-hybridized carbons (Fsp3) is 0.882. The third-order valence-corrected chi connectivity index (χ3v) is 3.80. The first-order valence-electron chi connectivity index (χ1n) is 9.82. The van der Waals surface area contributed by atoms with Crippen molar-refractivity contribution in [1.82, 2.24) is 0 Å². The normalized spacial score (nSPS) is 16.7. The van der Waals surface area contributed by atoms with Gasteiger partial charge in [0.2, 0.25) is 0 Å². The second-order valence-corrected chi connectivity index (χ2v) is 7.54. The summed E-state index contributed by atoms with van der Waals surface area (Å²) in [4.78, 5) is 41.0. The van der Waals surface area contributed by atoms with Crippen LogP contribution >= 0.6 is 7.82 Å². The smallest absolute Gasteiger partial charge is 0.378 e. The summed E-state index contributed by atoms with van der Waals surface area (Å²) in [7, 11) is -3.25. The van der Waals surface area contributed by atoms with Crippen molar-refractivity contribution < 1.29 is 58.6 Å². The van der Waals surface area contributed by atoms with Crippen molar-refractivity contribution in [3.8, 4) is 0 Å². The first-order chi connectivity index (χ1) is 14.3. The van der Waals surface area contributed by atoms with Crippen LogP contribution in [0.2, 0.25) is 0 Å². The number of allylic oxidation sites excluding steroid dienone is 1. The van der Waals surface area contributed by atoms with Gasteiger partial charge < -0.3 is 24.3 Å². The Hall–Kier alpha value is -0.630. The summed E-state index contributed by atoms with van der Waals surface area (Å²) in [5, 5.41) is 13.6. The highest BCUT2D eigenvalue weighted by Gasteiger charge is 2.15. The number of ether oxygens (including phenoxy) is 1. The average molecular weight is 462 g/mol. The van der Waals surface area contributed by atoms with E-state index in [4.69, 9.17) is 38.6 Å². The highest BCUT2D eigenvalue weighted by Crippen LogP contribution is 2.25. The summed E-state index contributed by atoms with van der Waals surface area (Å²) in [6, 6.07) is 0. The molecular formula is C17H35O12P. The summed E-state index contributed by atoms with van der Waals surface area (Å²) < 4.78 is 14.4. The lowest BCUT2D eigenvalue weighted by Crippen LogP contribution is -2.18. The number of rotatable bonds is 15. The van der Waals surface area contributed by atoms with E-state index >= 15 is 0 Å². The van der Waals surface area contributed by atoms with Gasteiger partial charge in [-0.2, -0.15) is 4.89 Å². The minimum Gasteiger partial charge on any atom is -0.378 e. The van der Waals surface area contributed by atoms with Gasteiger partial charge in [-0.05, 0) is 40.5 Å². The predicted molar refractivity (Wildman–Crippen MR) is 102 cm³/mol. The van der Waals surface area contributed by atoms with E-state index in [1.165, 1.54) is 13.5 Å². The number of hydrogen-bond acceptors (Lipinski definition) is 9. The summed E-state index contributed by atoms with van der Waals surface area (Å²) >= 11 is 0. The van der Waals surface area contributed by atoms with Crippen LogP contribution in [0.1, 0.15) is 58.8 Å². The molecule has 30 heavy (non-hydrogen) atoms. The Morgan fingerprint density at radius 3 is 2.37 bits per heavy atom. The predicted octanol–water partition coefficient (Wildman–Crippen LogP) is 3.05. The van der Waals surface area contributed by atoms with Crippen LogP contribution in [0, 0.1) is 5.92 Å². The minimum atomic E-state index is -4.64. The molecule has 0 aromatic carbocycles. The van der Waals surface area contributed by atoms with Crippen LogP contribution in [0.15, 0.2) is 11.8 Å². The highest BCUT2D eigenvalue weighted by atomic mass is 31.2. The standard InChI is InChI=1S/C17H32O8.H3O4P/c1-4-5-11-17(22-23-18-3)15(2)14-19-12-13-20-24-25-21-16-9-7-6-8-10-16;1-5(2,3)4/h11,15-16H,4-10,12-14H2,1-3H3;(H3,1,2,3,4). The Morgan fingerprint density at radius 2 is 1.77 bits per heavy atom. The van der Waals surface area contributed by atoms with Crippen molar-refractivity contribution in [3.63, 3.8) is 0 Å². The highest BCUT2D eigenvalue weighted by molar-refractivity contribution is 7.45. The van der Waals surface area contributed by atoms with Gasteiger partial charge in [0.05, 0.1) is 26.4 Å². The van der Waals surface area contributed by atoms with Crippen molar-refractivity contribution in [3.05, 3.63) is 11.8 Å². The molecule has 180 valence electrons. The van der Waals surface area contributed by atoms with Crippen molar-refractivity contribution >= 4 is 7.82 Å². The van der Waals surface area contributed by atoms with Gasteiger partial charge in [0, 0.05) is 5.92 Å². The van der Waals surface area contributed by atoms with Crippen LogP contribution in [0.3, 0.4) is 0 Å². The molecule has 0 bridgehead atoms. The zero-order valence-electron chi connectivity index (χ0n) is 17.8. The fourth-order valence-electron chi connectivity index (χ4n) is 2.40. The largest absolute Gasteiger partial charge is 0.466 e. The molecule has 1 fully saturated rings. The Balaban J connectivity index is 0.00000150. The van der Waals surface area contributed by atoms with Crippen molar-refractivity contribution in [1.29, 1.82) is 0 Å². The maximum atomic E-state index is 8.88. The van der Waals surface area contributed by atoms with E-state index in [2.05, 4.69) is 26.9 Å². The molecule has 0 saturated heterocycles. The molecule has 0 amide bonds. The van der Waals surface area contributed by atoms with Crippen molar-refractivity contribution in [2.24, 2.45) is 5.92 Å². The Kier molecular flexibility index (Phi) is 18.7. The molecule has 0 aromatic heterocycles. The zero-order chi connectivity index (χ0) is 22.7. The molecule has 0 aromatic rings. The van der Waals surface area contributed by atoms with Gasteiger partial charge >= 0.3 is 7.82 Å². The molecule has 3 N–H and O–H groups in total. The van der Waals surface area contributed by atoms with E-state index in [-0.39, 0.29) is 18.6 Å². The second kappa shape index (κ2) is 19.1. The molecule has 1 atom stereocenters. The minimum absolute atomic E-state index is 0.0218. The van der Waals surface area contributed by atoms with Crippen LogP contribution in [-0.4, -0.2) is 47.7 Å². The molecular weight excluding hydrogens is 427 g/mol. The average Bonchev–Trinajstić information content (AvgIpc) is 2.69. The molecule has 0 radical (unpaired) electrons. The van der Waals surface area contributed by atoms with Gasteiger partial charge in [-0.15, -0.1) is 0 Å². The van der Waals surface area contributed by atoms with E-state index in [1.54, 1.807) is 0 Å². The first kappa shape index (κ1) is 29.4. The fourth-order valence-corrected chi connectivity index (χ4v) is 2.40. The maximum Gasteiger partial charge on any atom is 0.466 e. The molecule has 1 unspecified atom stereocenters. The van der Waals surface area contributed by atoms with E-state index in [0.29, 0.717) is 19.0 Å². The summed E-state index contributed by atoms with van der Waals surface area (Å²) in [6.45, 7) is 5.09. The third kappa shape index (κ3) is 20.6. The quantitative estimate of drug-likeness (QED) is 0.108. The summed E-state index contributed by atoms with van der Waals surface area (Å²) in [5.74, 6) is 0.693. The molecule has 0 aliphatic heterocycles. The van der Waals surface area contributed by atoms with Gasteiger partial charge in [0.15, 0.2) is 0 Å². The number of phosphoric acid groups is 1. The monoisotopic (exact) mass is 462 g/mol.